The number of rotatable bonds is 1. The predicted octanol–water partition coefficient (Wildman–Crippen LogP) is -2.69. The summed E-state index contributed by atoms with van der Waals surface area (Å²) < 4.78 is 2.47. The number of benzene rings is 1. The number of carbonyl (C=O) groups excluding carboxylic acids is 1. The zero-order chi connectivity index (χ0) is 10.4. The summed E-state index contributed by atoms with van der Waals surface area (Å²) in [6.07, 6.45) is 0. The molecule has 16 heavy (non-hydrogen) atoms. The molecule has 5 nitrogen and oxygen atoms in total. The van der Waals surface area contributed by atoms with Crippen molar-refractivity contribution in [2.75, 3.05) is 0 Å². The molecule has 3 rings (SSSR count). The minimum atomic E-state index is -1.31. The number of carbonyl (C=O) groups is 1. The molecular weight excluding hydrogens is 253 g/mol. The van der Waals surface area contributed by atoms with E-state index in [1.54, 1.807) is 0 Å². The Labute approximate surface area is 137 Å². The first-order chi connectivity index (χ1) is 7.27. The maximum absolute atomic E-state index is 10.8. The van der Waals surface area contributed by atoms with Gasteiger partial charge in [-0.3, -0.25) is 4.40 Å². The normalized spacial score (nSPS) is 10.5. The summed E-state index contributed by atoms with van der Waals surface area (Å²) in [5.74, 6) is -1.46. The zero-order valence-electron chi connectivity index (χ0n) is 8.38. The molecule has 2 aromatic heterocycles. The minimum absolute atomic E-state index is 0. The predicted molar refractivity (Wildman–Crippen MR) is 52.7 cm³/mol. The second-order valence-corrected chi connectivity index (χ2v) is 4.01. The largest absolute Gasteiger partial charge is 1.00 e. The molecular formula is C9H4KN3O2S. The van der Waals surface area contributed by atoms with Gasteiger partial charge in [0.15, 0.2) is 5.82 Å². The summed E-state index contributed by atoms with van der Waals surface area (Å²) in [6, 6.07) is 7.47. The molecule has 0 saturated heterocycles. The van der Waals surface area contributed by atoms with Crippen LogP contribution in [0.3, 0.4) is 0 Å². The first-order valence-corrected chi connectivity index (χ1v) is 5.03. The maximum atomic E-state index is 10.8. The molecule has 1 aromatic carbocycles. The number of carboxylic acids is 1. The van der Waals surface area contributed by atoms with Gasteiger partial charge >= 0.3 is 51.4 Å². The summed E-state index contributed by atoms with van der Waals surface area (Å²) in [6.45, 7) is 0. The molecule has 7 heteroatoms. The van der Waals surface area contributed by atoms with Gasteiger partial charge in [0.05, 0.1) is 10.2 Å². The number of nitrogens with zero attached hydrogens (tertiary/aromatic N) is 3. The third-order valence-electron chi connectivity index (χ3n) is 2.12. The van der Waals surface area contributed by atoms with E-state index < -0.39 is 5.97 Å². The molecule has 0 aliphatic carbocycles. The Morgan fingerprint density at radius 2 is 2.06 bits per heavy atom. The molecule has 0 bridgehead atoms. The standard InChI is InChI=1S/C9H5N3O2S.K/c13-8(14)7-10-11-9-12(7)5-3-1-2-4-6(5)15-9;/h1-4H,(H,13,14);/q;+1/p-1. The number of aromatic nitrogens is 3. The maximum Gasteiger partial charge on any atom is 1.00 e. The number of hydrogen-bond donors (Lipinski definition) is 0. The van der Waals surface area contributed by atoms with Crippen LogP contribution in [-0.2, 0) is 0 Å². The second-order valence-electron chi connectivity index (χ2n) is 3.00. The molecule has 0 aliphatic heterocycles. The summed E-state index contributed by atoms with van der Waals surface area (Å²) in [4.78, 5) is 11.4. The van der Waals surface area contributed by atoms with E-state index >= 15 is 0 Å². The smallest absolute Gasteiger partial charge is 0.541 e. The van der Waals surface area contributed by atoms with Crippen molar-refractivity contribution in [2.45, 2.75) is 0 Å². The van der Waals surface area contributed by atoms with Crippen molar-refractivity contribution in [1.29, 1.82) is 0 Å². The number of aromatic carboxylic acids is 1. The molecule has 2 heterocycles. The van der Waals surface area contributed by atoms with E-state index in [0.29, 0.717) is 4.96 Å². The number of hydrogen-bond acceptors (Lipinski definition) is 5. The SMILES string of the molecule is O=C([O-])c1nnc2sc3ccccc3n12.[K+]. The van der Waals surface area contributed by atoms with Crippen LogP contribution in [0.25, 0.3) is 15.2 Å². The molecule has 0 spiro atoms. The first-order valence-electron chi connectivity index (χ1n) is 4.21. The van der Waals surface area contributed by atoms with E-state index in [1.165, 1.54) is 15.7 Å². The van der Waals surface area contributed by atoms with Gasteiger partial charge in [-0.1, -0.05) is 23.5 Å². The fourth-order valence-corrected chi connectivity index (χ4v) is 2.48. The van der Waals surface area contributed by atoms with Crippen LogP contribution in [0.5, 0.6) is 0 Å². The Kier molecular flexibility index (Phi) is 3.43. The first kappa shape index (κ1) is 12.2. The van der Waals surface area contributed by atoms with E-state index in [1.807, 2.05) is 24.3 Å². The number of fused-ring (bicyclic) bond motifs is 3. The molecule has 0 N–H and O–H groups in total. The third kappa shape index (κ3) is 1.73. The van der Waals surface area contributed by atoms with E-state index in [9.17, 15) is 9.90 Å². The van der Waals surface area contributed by atoms with Gasteiger partial charge in [-0.25, -0.2) is 0 Å². The van der Waals surface area contributed by atoms with Crippen LogP contribution in [0, 0.1) is 0 Å². The van der Waals surface area contributed by atoms with Crippen molar-refractivity contribution < 1.29 is 61.3 Å². The summed E-state index contributed by atoms with van der Waals surface area (Å²) in [5, 5.41) is 18.1. The van der Waals surface area contributed by atoms with E-state index in [2.05, 4.69) is 10.2 Å². The number of thiazole rings is 1. The van der Waals surface area contributed by atoms with Crippen LogP contribution in [0.4, 0.5) is 0 Å². The third-order valence-corrected chi connectivity index (χ3v) is 3.14. The van der Waals surface area contributed by atoms with Gasteiger partial charge in [-0.15, -0.1) is 10.2 Å². The Morgan fingerprint density at radius 1 is 1.31 bits per heavy atom. The Balaban J connectivity index is 0.000000963. The van der Waals surface area contributed by atoms with Gasteiger partial charge < -0.3 is 9.90 Å². The van der Waals surface area contributed by atoms with Crippen molar-refractivity contribution in [3.63, 3.8) is 0 Å². The molecule has 3 aromatic rings. The molecule has 0 fully saturated rings. The van der Waals surface area contributed by atoms with Gasteiger partial charge in [0.2, 0.25) is 4.96 Å². The van der Waals surface area contributed by atoms with Gasteiger partial charge in [0.1, 0.15) is 5.97 Å². The van der Waals surface area contributed by atoms with Crippen LogP contribution in [0.1, 0.15) is 10.6 Å². The zero-order valence-corrected chi connectivity index (χ0v) is 12.3. The monoisotopic (exact) mass is 257 g/mol. The Morgan fingerprint density at radius 3 is 2.81 bits per heavy atom. The van der Waals surface area contributed by atoms with Crippen molar-refractivity contribution in [3.05, 3.63) is 30.1 Å². The average Bonchev–Trinajstić information content (AvgIpc) is 2.74. The van der Waals surface area contributed by atoms with Crippen molar-refractivity contribution >= 4 is 32.5 Å². The number of carboxylic acid groups (broad SMARTS) is 1. The molecule has 74 valence electrons. The van der Waals surface area contributed by atoms with Gasteiger partial charge in [-0.05, 0) is 12.1 Å². The molecule has 0 radical (unpaired) electrons. The Bertz CT molecular complexity index is 676. The molecule has 0 amide bonds. The summed E-state index contributed by atoms with van der Waals surface area (Å²) in [7, 11) is 0. The van der Waals surface area contributed by atoms with Gasteiger partial charge in [0, 0.05) is 0 Å². The topological polar surface area (TPSA) is 70.3 Å². The van der Waals surface area contributed by atoms with Gasteiger partial charge in [-0.2, -0.15) is 0 Å². The minimum Gasteiger partial charge on any atom is -0.541 e. The van der Waals surface area contributed by atoms with Crippen LogP contribution >= 0.6 is 11.3 Å². The molecule has 0 atom stereocenters. The molecule has 0 aliphatic rings. The van der Waals surface area contributed by atoms with E-state index in [4.69, 9.17) is 0 Å². The van der Waals surface area contributed by atoms with Crippen LogP contribution < -0.4 is 56.5 Å². The Hall–Kier alpha value is -0.314. The van der Waals surface area contributed by atoms with Crippen molar-refractivity contribution in [3.8, 4) is 0 Å². The van der Waals surface area contributed by atoms with E-state index in [-0.39, 0.29) is 57.2 Å². The number of para-hydroxylation sites is 1. The summed E-state index contributed by atoms with van der Waals surface area (Å²) in [5.41, 5.74) is 0.793. The quantitative estimate of drug-likeness (QED) is 0.445. The van der Waals surface area contributed by atoms with Crippen molar-refractivity contribution in [1.82, 2.24) is 14.6 Å². The fourth-order valence-electron chi connectivity index (χ4n) is 1.51. The van der Waals surface area contributed by atoms with Crippen molar-refractivity contribution in [2.24, 2.45) is 0 Å². The summed E-state index contributed by atoms with van der Waals surface area (Å²) >= 11 is 1.40. The fraction of sp³-hybridized carbons (Fsp3) is 0. The van der Waals surface area contributed by atoms with Gasteiger partial charge in [0.25, 0.3) is 0 Å². The van der Waals surface area contributed by atoms with Crippen LogP contribution in [0.15, 0.2) is 24.3 Å². The molecule has 0 unspecified atom stereocenters. The van der Waals surface area contributed by atoms with E-state index in [0.717, 1.165) is 10.2 Å². The second kappa shape index (κ2) is 4.51. The average molecular weight is 257 g/mol. The molecule has 0 saturated carbocycles. The van der Waals surface area contributed by atoms with Crippen LogP contribution in [0.2, 0.25) is 0 Å². The van der Waals surface area contributed by atoms with Crippen LogP contribution in [-0.4, -0.2) is 20.6 Å².